The number of nitrogens with zero attached hydrogens (tertiary/aromatic N) is 2. The molecule has 18 heavy (non-hydrogen) atoms. The number of thioether (sulfide) groups is 1. The summed E-state index contributed by atoms with van der Waals surface area (Å²) in [5.41, 5.74) is 0.732. The van der Waals surface area contributed by atoms with Gasteiger partial charge in [-0.05, 0) is 25.4 Å². The molecule has 1 fully saturated rings. The van der Waals surface area contributed by atoms with Gasteiger partial charge in [0.25, 0.3) is 5.91 Å². The summed E-state index contributed by atoms with van der Waals surface area (Å²) >= 11 is 1.65. The normalized spacial score (nSPS) is 19.4. The molecule has 0 saturated carbocycles. The topological polar surface area (TPSA) is 75.4 Å². The lowest BCUT2D eigenvalue weighted by atomic mass is 10.2. The third kappa shape index (κ3) is 2.66. The van der Waals surface area contributed by atoms with E-state index in [2.05, 4.69) is 10.5 Å². The highest BCUT2D eigenvalue weighted by Gasteiger charge is 2.37. The van der Waals surface area contributed by atoms with Crippen LogP contribution in [-0.4, -0.2) is 40.0 Å². The number of hydrogen-bond acceptors (Lipinski definition) is 5. The standard InChI is InChI=1S/C11H15N3O3S/c1-7-5-8(17-13-7)6-14-10(15)9(3-4-18-2)12-11(14)16/h5,9H,3-4,6H2,1-2H3,(H,12,16). The second-order valence-electron chi connectivity index (χ2n) is 4.14. The Morgan fingerprint density at radius 3 is 2.94 bits per heavy atom. The van der Waals surface area contributed by atoms with E-state index in [1.54, 1.807) is 24.8 Å². The summed E-state index contributed by atoms with van der Waals surface area (Å²) in [7, 11) is 0. The lowest BCUT2D eigenvalue weighted by Crippen LogP contribution is -2.31. The van der Waals surface area contributed by atoms with Crippen LogP contribution in [-0.2, 0) is 11.3 Å². The number of rotatable bonds is 5. The van der Waals surface area contributed by atoms with Gasteiger partial charge in [-0.15, -0.1) is 0 Å². The predicted molar refractivity (Wildman–Crippen MR) is 67.1 cm³/mol. The van der Waals surface area contributed by atoms with Crippen molar-refractivity contribution in [3.63, 3.8) is 0 Å². The quantitative estimate of drug-likeness (QED) is 0.812. The fraction of sp³-hybridized carbons (Fsp3) is 0.545. The molecule has 1 aliphatic rings. The molecular weight excluding hydrogens is 254 g/mol. The lowest BCUT2D eigenvalue weighted by molar-refractivity contribution is -0.128. The van der Waals surface area contributed by atoms with Crippen LogP contribution in [0, 0.1) is 6.92 Å². The van der Waals surface area contributed by atoms with Gasteiger partial charge < -0.3 is 9.84 Å². The van der Waals surface area contributed by atoms with E-state index in [0.29, 0.717) is 12.2 Å². The van der Waals surface area contributed by atoms with E-state index in [1.807, 2.05) is 6.26 Å². The highest BCUT2D eigenvalue weighted by Crippen LogP contribution is 2.15. The molecule has 2 rings (SSSR count). The number of aromatic nitrogens is 1. The SMILES string of the molecule is CSCCC1NC(=O)N(Cc2cc(C)no2)C1=O. The average molecular weight is 269 g/mol. The zero-order chi connectivity index (χ0) is 13.1. The van der Waals surface area contributed by atoms with E-state index in [1.165, 1.54) is 4.90 Å². The van der Waals surface area contributed by atoms with Gasteiger partial charge >= 0.3 is 6.03 Å². The Labute approximate surface area is 109 Å². The average Bonchev–Trinajstić information content (AvgIpc) is 2.86. The van der Waals surface area contributed by atoms with E-state index < -0.39 is 6.04 Å². The lowest BCUT2D eigenvalue weighted by Gasteiger charge is -2.10. The number of imide groups is 1. The summed E-state index contributed by atoms with van der Waals surface area (Å²) in [6, 6.07) is 0.949. The van der Waals surface area contributed by atoms with Gasteiger partial charge in [-0.2, -0.15) is 11.8 Å². The monoisotopic (exact) mass is 269 g/mol. The molecule has 1 N–H and O–H groups in total. The van der Waals surface area contributed by atoms with Gasteiger partial charge in [0, 0.05) is 6.07 Å². The molecule has 6 nitrogen and oxygen atoms in total. The minimum Gasteiger partial charge on any atom is -0.359 e. The van der Waals surface area contributed by atoms with Crippen LogP contribution in [0.25, 0.3) is 0 Å². The number of carbonyl (C=O) groups excluding carboxylic acids is 2. The highest BCUT2D eigenvalue weighted by atomic mass is 32.2. The second-order valence-corrected chi connectivity index (χ2v) is 5.13. The molecule has 1 aromatic heterocycles. The molecule has 1 aliphatic heterocycles. The maximum Gasteiger partial charge on any atom is 0.325 e. The molecule has 0 bridgehead atoms. The number of nitrogens with one attached hydrogen (secondary N) is 1. The number of hydrogen-bond donors (Lipinski definition) is 1. The molecule has 0 aromatic carbocycles. The van der Waals surface area contributed by atoms with Crippen LogP contribution in [0.3, 0.4) is 0 Å². The third-order valence-electron chi connectivity index (χ3n) is 2.71. The van der Waals surface area contributed by atoms with Crippen molar-refractivity contribution in [2.45, 2.75) is 25.9 Å². The second kappa shape index (κ2) is 5.43. The summed E-state index contributed by atoms with van der Waals surface area (Å²) < 4.78 is 5.01. The van der Waals surface area contributed by atoms with Crippen molar-refractivity contribution in [3.05, 3.63) is 17.5 Å². The Kier molecular flexibility index (Phi) is 3.90. The first-order valence-electron chi connectivity index (χ1n) is 5.65. The van der Waals surface area contributed by atoms with Gasteiger partial charge in [0.15, 0.2) is 5.76 Å². The third-order valence-corrected chi connectivity index (χ3v) is 3.35. The zero-order valence-electron chi connectivity index (χ0n) is 10.3. The molecule has 3 amide bonds. The molecule has 0 aliphatic carbocycles. The minimum atomic E-state index is -0.408. The van der Waals surface area contributed by atoms with Crippen LogP contribution in [0.15, 0.2) is 10.6 Å². The van der Waals surface area contributed by atoms with Crippen LogP contribution in [0.1, 0.15) is 17.9 Å². The van der Waals surface area contributed by atoms with Crippen LogP contribution in [0.2, 0.25) is 0 Å². The summed E-state index contributed by atoms with van der Waals surface area (Å²) in [5, 5.41) is 6.41. The first-order valence-corrected chi connectivity index (χ1v) is 7.04. The number of carbonyl (C=O) groups is 2. The van der Waals surface area contributed by atoms with Gasteiger partial charge in [-0.25, -0.2) is 4.79 Å². The van der Waals surface area contributed by atoms with E-state index in [-0.39, 0.29) is 18.5 Å². The van der Waals surface area contributed by atoms with Crippen molar-refractivity contribution in [2.75, 3.05) is 12.0 Å². The highest BCUT2D eigenvalue weighted by molar-refractivity contribution is 7.98. The largest absolute Gasteiger partial charge is 0.359 e. The van der Waals surface area contributed by atoms with Crippen molar-refractivity contribution in [2.24, 2.45) is 0 Å². The minimum absolute atomic E-state index is 0.140. The molecule has 1 atom stereocenters. The Morgan fingerprint density at radius 2 is 2.33 bits per heavy atom. The Morgan fingerprint density at radius 1 is 1.56 bits per heavy atom. The van der Waals surface area contributed by atoms with Gasteiger partial charge in [0.2, 0.25) is 0 Å². The van der Waals surface area contributed by atoms with E-state index in [9.17, 15) is 9.59 Å². The molecule has 7 heteroatoms. The zero-order valence-corrected chi connectivity index (χ0v) is 11.1. The molecule has 1 unspecified atom stereocenters. The fourth-order valence-corrected chi connectivity index (χ4v) is 2.28. The van der Waals surface area contributed by atoms with E-state index in [4.69, 9.17) is 4.52 Å². The van der Waals surface area contributed by atoms with Crippen molar-refractivity contribution in [1.29, 1.82) is 0 Å². The van der Waals surface area contributed by atoms with Crippen molar-refractivity contribution >= 4 is 23.7 Å². The Hall–Kier alpha value is -1.50. The van der Waals surface area contributed by atoms with Crippen LogP contribution < -0.4 is 5.32 Å². The molecular formula is C11H15N3O3S. The van der Waals surface area contributed by atoms with Crippen LogP contribution in [0.4, 0.5) is 4.79 Å². The molecule has 0 spiro atoms. The predicted octanol–water partition coefficient (Wildman–Crippen LogP) is 1.16. The van der Waals surface area contributed by atoms with Gasteiger partial charge in [-0.1, -0.05) is 5.16 Å². The molecule has 2 heterocycles. The summed E-state index contributed by atoms with van der Waals surface area (Å²) in [6.07, 6.45) is 2.62. The van der Waals surface area contributed by atoms with Gasteiger partial charge in [0.1, 0.15) is 6.04 Å². The molecule has 1 saturated heterocycles. The number of amides is 3. The molecule has 0 radical (unpaired) electrons. The number of urea groups is 1. The summed E-state index contributed by atoms with van der Waals surface area (Å²) in [6.45, 7) is 1.93. The first kappa shape index (κ1) is 12.9. The summed E-state index contributed by atoms with van der Waals surface area (Å²) in [4.78, 5) is 24.9. The van der Waals surface area contributed by atoms with E-state index in [0.717, 1.165) is 11.4 Å². The summed E-state index contributed by atoms with van der Waals surface area (Å²) in [5.74, 6) is 1.16. The van der Waals surface area contributed by atoms with Crippen molar-refractivity contribution in [1.82, 2.24) is 15.4 Å². The first-order chi connectivity index (χ1) is 8.61. The van der Waals surface area contributed by atoms with Crippen molar-refractivity contribution in [3.8, 4) is 0 Å². The smallest absolute Gasteiger partial charge is 0.325 e. The maximum absolute atomic E-state index is 12.0. The Bertz CT molecular complexity index is 460. The molecule has 1 aromatic rings. The maximum atomic E-state index is 12.0. The van der Waals surface area contributed by atoms with Crippen LogP contribution in [0.5, 0.6) is 0 Å². The fourth-order valence-electron chi connectivity index (χ4n) is 1.80. The van der Waals surface area contributed by atoms with Gasteiger partial charge in [-0.3, -0.25) is 9.69 Å². The Balaban J connectivity index is 2.00. The number of aryl methyl sites for hydroxylation is 1. The molecule has 98 valence electrons. The van der Waals surface area contributed by atoms with E-state index >= 15 is 0 Å². The van der Waals surface area contributed by atoms with Crippen molar-refractivity contribution < 1.29 is 14.1 Å². The van der Waals surface area contributed by atoms with Crippen LogP contribution >= 0.6 is 11.8 Å². The van der Waals surface area contributed by atoms with Gasteiger partial charge in [0.05, 0.1) is 12.2 Å².